The van der Waals surface area contributed by atoms with Crippen LogP contribution in [0.2, 0.25) is 0 Å². The van der Waals surface area contributed by atoms with Gasteiger partial charge in [0.25, 0.3) is 0 Å². The first-order chi connectivity index (χ1) is 8.06. The van der Waals surface area contributed by atoms with E-state index >= 15 is 0 Å². The molecule has 1 fully saturated rings. The van der Waals surface area contributed by atoms with Crippen molar-refractivity contribution in [1.29, 1.82) is 0 Å². The maximum Gasteiger partial charge on any atom is 0.325 e. The lowest BCUT2D eigenvalue weighted by molar-refractivity contribution is -0.149. The number of rotatable bonds is 9. The molecule has 2 N–H and O–H groups in total. The molecule has 0 saturated heterocycles. The van der Waals surface area contributed by atoms with Crippen LogP contribution in [0.4, 0.5) is 0 Å². The zero-order valence-corrected chi connectivity index (χ0v) is 11.0. The second-order valence-electron chi connectivity index (χ2n) is 5.09. The molecule has 0 heterocycles. The van der Waals surface area contributed by atoms with Gasteiger partial charge in [-0.2, -0.15) is 0 Å². The Morgan fingerprint density at radius 2 is 2.12 bits per heavy atom. The lowest BCUT2D eigenvalue weighted by Gasteiger charge is -2.21. The van der Waals surface area contributed by atoms with Crippen molar-refractivity contribution < 1.29 is 14.3 Å². The largest absolute Gasteiger partial charge is 0.465 e. The molecule has 4 heteroatoms. The lowest BCUT2D eigenvalue weighted by Crippen LogP contribution is -2.46. The maximum atomic E-state index is 11.5. The molecule has 1 atom stereocenters. The van der Waals surface area contributed by atoms with E-state index in [1.807, 2.05) is 0 Å². The minimum Gasteiger partial charge on any atom is -0.465 e. The van der Waals surface area contributed by atoms with Crippen LogP contribution in [0.15, 0.2) is 0 Å². The van der Waals surface area contributed by atoms with Crippen molar-refractivity contribution in [2.24, 2.45) is 11.7 Å². The van der Waals surface area contributed by atoms with Crippen LogP contribution < -0.4 is 5.73 Å². The van der Waals surface area contributed by atoms with E-state index in [0.29, 0.717) is 19.6 Å². The highest BCUT2D eigenvalue weighted by atomic mass is 16.5. The molecule has 0 radical (unpaired) electrons. The summed E-state index contributed by atoms with van der Waals surface area (Å²) in [4.78, 5) is 11.5. The van der Waals surface area contributed by atoms with Gasteiger partial charge in [-0.3, -0.25) is 4.79 Å². The lowest BCUT2D eigenvalue weighted by atomic mass is 9.98. The summed E-state index contributed by atoms with van der Waals surface area (Å²) in [5.41, 5.74) is 5.01. The molecule has 1 aliphatic carbocycles. The van der Waals surface area contributed by atoms with Gasteiger partial charge in [-0.15, -0.1) is 0 Å². The van der Waals surface area contributed by atoms with E-state index in [2.05, 4.69) is 0 Å². The topological polar surface area (TPSA) is 61.5 Å². The molecular formula is C13H25NO3. The fourth-order valence-corrected chi connectivity index (χ4v) is 1.70. The molecule has 1 unspecified atom stereocenters. The highest BCUT2D eigenvalue weighted by molar-refractivity contribution is 5.79. The molecule has 4 nitrogen and oxygen atoms in total. The summed E-state index contributed by atoms with van der Waals surface area (Å²) in [6, 6.07) is 0. The van der Waals surface area contributed by atoms with Gasteiger partial charge in [0.05, 0.1) is 6.61 Å². The first kappa shape index (κ1) is 14.5. The average molecular weight is 243 g/mol. The third-order valence-electron chi connectivity index (χ3n) is 3.09. The average Bonchev–Trinajstić information content (AvgIpc) is 3.07. The summed E-state index contributed by atoms with van der Waals surface area (Å²) in [6.45, 7) is 5.40. The predicted molar refractivity (Wildman–Crippen MR) is 66.6 cm³/mol. The van der Waals surface area contributed by atoms with E-state index in [9.17, 15) is 4.79 Å². The van der Waals surface area contributed by atoms with Gasteiger partial charge in [0.1, 0.15) is 5.54 Å². The standard InChI is InChI=1S/C13H25NO3/c1-3-17-12(15)13(2,14)8-4-9-16-10-7-11-5-6-11/h11H,3-10,14H2,1-2H3. The molecule has 0 bridgehead atoms. The van der Waals surface area contributed by atoms with E-state index in [4.69, 9.17) is 15.2 Å². The summed E-state index contributed by atoms with van der Waals surface area (Å²) in [6.07, 6.45) is 5.32. The first-order valence-corrected chi connectivity index (χ1v) is 6.60. The number of hydrogen-bond acceptors (Lipinski definition) is 4. The molecule has 1 rings (SSSR count). The highest BCUT2D eigenvalue weighted by Gasteiger charge is 2.29. The van der Waals surface area contributed by atoms with E-state index in [-0.39, 0.29) is 5.97 Å². The summed E-state index contributed by atoms with van der Waals surface area (Å²) in [5, 5.41) is 0. The Hall–Kier alpha value is -0.610. The van der Waals surface area contributed by atoms with Crippen molar-refractivity contribution in [1.82, 2.24) is 0 Å². The molecule has 0 aliphatic heterocycles. The van der Waals surface area contributed by atoms with Gasteiger partial charge in [-0.05, 0) is 39.0 Å². The number of carbonyl (C=O) groups excluding carboxylic acids is 1. The van der Waals surface area contributed by atoms with Crippen LogP contribution >= 0.6 is 0 Å². The number of carbonyl (C=O) groups is 1. The van der Waals surface area contributed by atoms with Gasteiger partial charge in [0, 0.05) is 13.2 Å². The monoisotopic (exact) mass is 243 g/mol. The third-order valence-corrected chi connectivity index (χ3v) is 3.09. The van der Waals surface area contributed by atoms with Gasteiger partial charge in [0.15, 0.2) is 0 Å². The van der Waals surface area contributed by atoms with Crippen LogP contribution in [0.3, 0.4) is 0 Å². The Bertz CT molecular complexity index is 237. The summed E-state index contributed by atoms with van der Waals surface area (Å²) >= 11 is 0. The predicted octanol–water partition coefficient (Wildman–Crippen LogP) is 1.86. The van der Waals surface area contributed by atoms with Gasteiger partial charge >= 0.3 is 5.97 Å². The van der Waals surface area contributed by atoms with Crippen LogP contribution in [0.5, 0.6) is 0 Å². The maximum absolute atomic E-state index is 11.5. The van der Waals surface area contributed by atoms with Gasteiger partial charge in [-0.1, -0.05) is 12.8 Å². The Morgan fingerprint density at radius 1 is 1.41 bits per heavy atom. The third kappa shape index (κ3) is 6.03. The normalized spacial score (nSPS) is 18.8. The summed E-state index contributed by atoms with van der Waals surface area (Å²) in [7, 11) is 0. The first-order valence-electron chi connectivity index (χ1n) is 6.60. The number of esters is 1. The fraction of sp³-hybridized carbons (Fsp3) is 0.923. The Morgan fingerprint density at radius 3 is 2.71 bits per heavy atom. The molecular weight excluding hydrogens is 218 g/mol. The molecule has 17 heavy (non-hydrogen) atoms. The van der Waals surface area contributed by atoms with Crippen molar-refractivity contribution in [3.05, 3.63) is 0 Å². The van der Waals surface area contributed by atoms with E-state index in [1.165, 1.54) is 19.3 Å². The molecule has 0 aromatic carbocycles. The van der Waals surface area contributed by atoms with Crippen molar-refractivity contribution in [3.8, 4) is 0 Å². The Kier molecular flexibility index (Phi) is 5.92. The van der Waals surface area contributed by atoms with Crippen LogP contribution in [0.25, 0.3) is 0 Å². The molecule has 0 spiro atoms. The second-order valence-corrected chi connectivity index (χ2v) is 5.09. The fourth-order valence-electron chi connectivity index (χ4n) is 1.70. The van der Waals surface area contributed by atoms with Crippen molar-refractivity contribution in [3.63, 3.8) is 0 Å². The summed E-state index contributed by atoms with van der Waals surface area (Å²) in [5.74, 6) is 0.590. The Labute approximate surface area is 104 Å². The van der Waals surface area contributed by atoms with Crippen molar-refractivity contribution in [2.45, 2.75) is 51.5 Å². The Balaban J connectivity index is 2.00. The number of nitrogens with two attached hydrogens (primary N) is 1. The SMILES string of the molecule is CCOC(=O)C(C)(N)CCCOCCC1CC1. The highest BCUT2D eigenvalue weighted by Crippen LogP contribution is 2.32. The second kappa shape index (κ2) is 6.97. The minimum atomic E-state index is -0.879. The molecule has 100 valence electrons. The zero-order chi connectivity index (χ0) is 12.7. The smallest absolute Gasteiger partial charge is 0.325 e. The van der Waals surface area contributed by atoms with E-state index in [0.717, 1.165) is 18.9 Å². The summed E-state index contributed by atoms with van der Waals surface area (Å²) < 4.78 is 10.4. The van der Waals surface area contributed by atoms with Crippen LogP contribution in [0.1, 0.15) is 46.0 Å². The molecule has 0 aromatic heterocycles. The number of hydrogen-bond donors (Lipinski definition) is 1. The molecule has 1 aliphatic rings. The molecule has 0 aromatic rings. The van der Waals surface area contributed by atoms with Crippen LogP contribution in [-0.4, -0.2) is 31.3 Å². The van der Waals surface area contributed by atoms with Gasteiger partial charge < -0.3 is 15.2 Å². The van der Waals surface area contributed by atoms with Crippen molar-refractivity contribution in [2.75, 3.05) is 19.8 Å². The van der Waals surface area contributed by atoms with Crippen molar-refractivity contribution >= 4 is 5.97 Å². The van der Waals surface area contributed by atoms with E-state index in [1.54, 1.807) is 13.8 Å². The quantitative estimate of drug-likeness (QED) is 0.496. The van der Waals surface area contributed by atoms with E-state index < -0.39 is 5.54 Å². The van der Waals surface area contributed by atoms with Gasteiger partial charge in [-0.25, -0.2) is 0 Å². The van der Waals surface area contributed by atoms with Crippen LogP contribution in [0, 0.1) is 5.92 Å². The zero-order valence-electron chi connectivity index (χ0n) is 11.0. The number of ether oxygens (including phenoxy) is 2. The van der Waals surface area contributed by atoms with Crippen LogP contribution in [-0.2, 0) is 14.3 Å². The molecule has 0 amide bonds. The van der Waals surface area contributed by atoms with Gasteiger partial charge in [0.2, 0.25) is 0 Å². The molecule has 1 saturated carbocycles. The minimum absolute atomic E-state index is 0.321.